The van der Waals surface area contributed by atoms with E-state index >= 15 is 0 Å². The molecule has 2 aliphatic heterocycles. The van der Waals surface area contributed by atoms with Crippen molar-refractivity contribution in [2.24, 2.45) is 5.16 Å². The van der Waals surface area contributed by atoms with E-state index < -0.39 is 41.8 Å². The highest BCUT2D eigenvalue weighted by atomic mass is 32.2. The number of amides is 3. The first kappa shape index (κ1) is 26.5. The third kappa shape index (κ3) is 4.79. The monoisotopic (exact) mass is 596 g/mol. The lowest BCUT2D eigenvalue weighted by Gasteiger charge is -2.49. The molecule has 5 heterocycles. The van der Waals surface area contributed by atoms with E-state index in [9.17, 15) is 28.7 Å². The maximum absolute atomic E-state index is 13.1. The number of aromatic nitrogens is 4. The van der Waals surface area contributed by atoms with Crippen LogP contribution in [-0.2, 0) is 30.6 Å². The molecule has 0 radical (unpaired) electrons. The largest absolute Gasteiger partial charge is 0.477 e. The highest BCUT2D eigenvalue weighted by Crippen LogP contribution is 2.41. The van der Waals surface area contributed by atoms with Crippen LogP contribution in [-0.4, -0.2) is 77.9 Å². The van der Waals surface area contributed by atoms with Gasteiger partial charge in [0, 0.05) is 27.7 Å². The van der Waals surface area contributed by atoms with Crippen molar-refractivity contribution < 1.29 is 37.9 Å². The van der Waals surface area contributed by atoms with Crippen molar-refractivity contribution in [2.75, 3.05) is 23.7 Å². The number of nitrogen functional groups attached to an aromatic ring is 1. The lowest BCUT2D eigenvalue weighted by Crippen LogP contribution is -2.71. The quantitative estimate of drug-likeness (QED) is 0.0791. The molecule has 1 fully saturated rings. The van der Waals surface area contributed by atoms with E-state index in [1.807, 2.05) is 17.5 Å². The fourth-order valence-corrected chi connectivity index (χ4v) is 6.94. The molecule has 39 heavy (non-hydrogen) atoms. The third-order valence-electron chi connectivity index (χ3n) is 5.73. The van der Waals surface area contributed by atoms with Gasteiger partial charge in [-0.05, 0) is 6.92 Å². The molecule has 5 N–H and O–H groups in total. The summed E-state index contributed by atoms with van der Waals surface area (Å²) in [6, 6.07) is -1.09. The van der Waals surface area contributed by atoms with Gasteiger partial charge in [-0.25, -0.2) is 13.8 Å². The second-order valence-electron chi connectivity index (χ2n) is 8.16. The van der Waals surface area contributed by atoms with Gasteiger partial charge in [-0.1, -0.05) is 16.5 Å². The van der Waals surface area contributed by atoms with Gasteiger partial charge in [-0.15, -0.1) is 11.8 Å². The molecule has 15 nitrogen and oxygen atoms in total. The number of aliphatic carboxylic acids is 1. The van der Waals surface area contributed by atoms with Crippen LogP contribution in [0.5, 0.6) is 0 Å². The second kappa shape index (κ2) is 10.6. The molecule has 204 valence electrons. The second-order valence-corrected chi connectivity index (χ2v) is 11.3. The first-order valence-corrected chi connectivity index (χ1v) is 13.6. The molecule has 1 saturated heterocycles. The van der Waals surface area contributed by atoms with Crippen LogP contribution < -0.4 is 20.8 Å². The number of carbonyl (C=O) groups is 4. The number of β-lactam (4-membered cyclic amide) rings is 1. The molecule has 0 unspecified atom stereocenters. The van der Waals surface area contributed by atoms with Gasteiger partial charge in [0.05, 0.1) is 0 Å². The zero-order chi connectivity index (χ0) is 27.8. The zero-order valence-electron chi connectivity index (χ0n) is 19.9. The van der Waals surface area contributed by atoms with Crippen molar-refractivity contribution in [3.8, 4) is 0 Å². The van der Waals surface area contributed by atoms with Crippen LogP contribution in [0.4, 0.5) is 15.3 Å². The average Bonchev–Trinajstić information content (AvgIpc) is 3.57. The summed E-state index contributed by atoms with van der Waals surface area (Å²) in [6.45, 7) is 0.703. The van der Waals surface area contributed by atoms with E-state index in [1.54, 1.807) is 10.9 Å². The molecule has 0 bridgehead atoms. The minimum Gasteiger partial charge on any atom is -0.477 e. The van der Waals surface area contributed by atoms with Gasteiger partial charge in [0.25, 0.3) is 35.7 Å². The Morgan fingerprint density at radius 2 is 2.26 bits per heavy atom. The number of nitrogens with one attached hydrogen (secondary N) is 2. The molecule has 3 aromatic rings. The number of fused-ring (bicyclic) bond motifs is 2. The summed E-state index contributed by atoms with van der Waals surface area (Å²) in [6.07, 6.45) is 4.15. The molecule has 2 aliphatic rings. The number of nitrogens with two attached hydrogens (primary N) is 1. The lowest BCUT2D eigenvalue weighted by atomic mass is 10.0. The summed E-state index contributed by atoms with van der Waals surface area (Å²) in [7, 11) is 0. The van der Waals surface area contributed by atoms with E-state index in [2.05, 4.69) is 30.0 Å². The summed E-state index contributed by atoms with van der Waals surface area (Å²) in [4.78, 5) is 60.5. The number of thioether (sulfide) groups is 1. The first-order chi connectivity index (χ1) is 18.7. The summed E-state index contributed by atoms with van der Waals surface area (Å²) in [5, 5.41) is 17.9. The number of nitrogens with zero attached hydrogens (tertiary/aromatic N) is 6. The predicted octanol–water partition coefficient (Wildman–Crippen LogP) is -0.315. The molecular formula is C20H19FN9O6S3+. The number of carbonyl (C=O) groups excluding carboxylic acids is 3. The van der Waals surface area contributed by atoms with E-state index in [4.69, 9.17) is 5.73 Å². The molecule has 5 rings (SSSR count). The van der Waals surface area contributed by atoms with Crippen LogP contribution in [0.15, 0.2) is 29.0 Å². The number of carboxylic acids is 1. The number of hydrogen-bond acceptors (Lipinski definition) is 12. The fourth-order valence-electron chi connectivity index (χ4n) is 4.22. The third-order valence-corrected chi connectivity index (χ3v) is 8.64. The predicted molar refractivity (Wildman–Crippen MR) is 137 cm³/mol. The number of imidazole rings is 1. The molecule has 0 aliphatic carbocycles. The molecule has 0 saturated carbocycles. The molecular weight excluding hydrogens is 577 g/mol. The van der Waals surface area contributed by atoms with Crippen LogP contribution in [0.25, 0.3) is 4.83 Å². The van der Waals surface area contributed by atoms with Crippen molar-refractivity contribution in [2.45, 2.75) is 24.9 Å². The van der Waals surface area contributed by atoms with E-state index in [1.165, 1.54) is 23.1 Å². The lowest BCUT2D eigenvalue weighted by molar-refractivity contribution is -0.508. The molecule has 3 amide bonds. The average molecular weight is 597 g/mol. The highest BCUT2D eigenvalue weighted by molar-refractivity contribution is 8.00. The molecule has 19 heteroatoms. The minimum atomic E-state index is -1.32. The number of oxime groups is 1. The molecule has 3 aromatic heterocycles. The van der Waals surface area contributed by atoms with Crippen molar-refractivity contribution in [1.29, 1.82) is 0 Å². The Labute approximate surface area is 230 Å². The maximum atomic E-state index is 13.1. The van der Waals surface area contributed by atoms with Gasteiger partial charge in [0.1, 0.15) is 29.9 Å². The fraction of sp³-hybridized carbons (Fsp3) is 0.300. The van der Waals surface area contributed by atoms with Crippen LogP contribution in [0.2, 0.25) is 0 Å². The molecule has 2 atom stereocenters. The van der Waals surface area contributed by atoms with E-state index in [-0.39, 0.29) is 29.0 Å². The number of aryl methyl sites for hydroxylation is 1. The maximum Gasteiger partial charge on any atom is 0.352 e. The van der Waals surface area contributed by atoms with Crippen molar-refractivity contribution in [1.82, 2.24) is 24.1 Å². The topological polar surface area (TPSA) is 198 Å². The van der Waals surface area contributed by atoms with Crippen molar-refractivity contribution in [3.63, 3.8) is 0 Å². The normalized spacial score (nSPS) is 19.1. The van der Waals surface area contributed by atoms with Gasteiger partial charge >= 0.3 is 5.97 Å². The van der Waals surface area contributed by atoms with E-state index in [0.717, 1.165) is 26.1 Å². The number of alkyl halides is 1. The van der Waals surface area contributed by atoms with Gasteiger partial charge in [0.15, 0.2) is 5.13 Å². The van der Waals surface area contributed by atoms with Gasteiger partial charge in [-0.3, -0.25) is 24.6 Å². The van der Waals surface area contributed by atoms with Crippen molar-refractivity contribution >= 4 is 80.3 Å². The Bertz CT molecular complexity index is 1560. The highest BCUT2D eigenvalue weighted by Gasteiger charge is 2.54. The SMILES string of the molecule is Cc1c[n+]2cn(CC3=C(C(=O)O)N4C(=O)[C@@H](NC(=O)/C(=N\OCF)c5nsc(N)n5)[C@H]4SC3)c(NC=O)c2s1. The summed E-state index contributed by atoms with van der Waals surface area (Å²) < 4.78 is 19.9. The van der Waals surface area contributed by atoms with Gasteiger partial charge < -0.3 is 21.0 Å². The number of thiazole rings is 1. The van der Waals surface area contributed by atoms with Crippen LogP contribution >= 0.6 is 34.6 Å². The van der Waals surface area contributed by atoms with Crippen LogP contribution in [0, 0.1) is 6.92 Å². The number of rotatable bonds is 10. The summed E-state index contributed by atoms with van der Waals surface area (Å²) in [5.41, 5.74) is 5.30. The smallest absolute Gasteiger partial charge is 0.352 e. The molecule has 0 aromatic carbocycles. The Kier molecular flexibility index (Phi) is 7.19. The Hall–Kier alpha value is -4.10. The Balaban J connectivity index is 1.39. The van der Waals surface area contributed by atoms with Gasteiger partial charge in [-0.2, -0.15) is 13.8 Å². The van der Waals surface area contributed by atoms with Crippen LogP contribution in [0.1, 0.15) is 10.7 Å². The zero-order valence-corrected chi connectivity index (χ0v) is 22.3. The van der Waals surface area contributed by atoms with Crippen molar-refractivity contribution in [3.05, 3.63) is 34.5 Å². The van der Waals surface area contributed by atoms with Crippen LogP contribution in [0.3, 0.4) is 0 Å². The summed E-state index contributed by atoms with van der Waals surface area (Å²) in [5.74, 6) is -2.37. The minimum absolute atomic E-state index is 0.0332. The number of hydrogen-bond donors (Lipinski definition) is 4. The standard InChI is InChI=1S/C20H18FN9O6S3/c1-8-2-29-7-28(14(23-6-31)18(29)38-8)3-9-4-37-17-11(16(33)30(17)12(9)19(34)35)24-15(32)10(26-36-5-21)13-25-20(22)39-27-13/h2,6-7,11,17H,3-5H2,1H3,(H4-,22,23,24,25,27,31,32,34,35)/p+1/b26-10-/t11-,17-/m1/s1. The van der Waals surface area contributed by atoms with E-state index in [0.29, 0.717) is 17.8 Å². The van der Waals surface area contributed by atoms with Gasteiger partial charge in [0.2, 0.25) is 17.9 Å². The Morgan fingerprint density at radius 1 is 1.46 bits per heavy atom. The molecule has 0 spiro atoms. The number of anilines is 2. The first-order valence-electron chi connectivity index (χ1n) is 11.0. The Morgan fingerprint density at radius 3 is 2.92 bits per heavy atom. The number of halogens is 1. The summed E-state index contributed by atoms with van der Waals surface area (Å²) >= 11 is 3.50. The number of carboxylic acid groups (broad SMARTS) is 1.